The van der Waals surface area contributed by atoms with Crippen molar-refractivity contribution in [3.63, 3.8) is 0 Å². The minimum absolute atomic E-state index is 0.294. The molecular weight excluding hydrogens is 396 g/mol. The first-order chi connectivity index (χ1) is 11.1. The second-order valence-corrected chi connectivity index (χ2v) is 7.04. The van der Waals surface area contributed by atoms with E-state index in [2.05, 4.69) is 27.5 Å². The van der Waals surface area contributed by atoms with Gasteiger partial charge < -0.3 is 4.57 Å². The van der Waals surface area contributed by atoms with Crippen LogP contribution in [-0.4, -0.2) is 10.5 Å². The zero-order valence-corrected chi connectivity index (χ0v) is 15.2. The summed E-state index contributed by atoms with van der Waals surface area (Å²) >= 11 is 11.1. The second-order valence-electron chi connectivity index (χ2n) is 4.77. The molecule has 1 aromatic heterocycles. The Balaban J connectivity index is 2.21. The first-order valence-electron chi connectivity index (χ1n) is 6.84. The molecule has 0 aliphatic carbocycles. The zero-order valence-electron chi connectivity index (χ0n) is 12.0. The number of hydrogen-bond donors (Lipinski definition) is 0. The molecule has 0 bridgehead atoms. The molecule has 116 valence electrons. The van der Waals surface area contributed by atoms with Crippen molar-refractivity contribution in [3.8, 4) is 0 Å². The Morgan fingerprint density at radius 2 is 2.09 bits per heavy atom. The van der Waals surface area contributed by atoms with Crippen LogP contribution >= 0.6 is 38.9 Å². The summed E-state index contributed by atoms with van der Waals surface area (Å²) < 4.78 is 3.62. The van der Waals surface area contributed by atoms with Crippen LogP contribution in [0.1, 0.15) is 10.4 Å². The largest absolute Gasteiger partial charge is 0.311 e. The fourth-order valence-corrected chi connectivity index (χ4v) is 4.10. The molecule has 0 aliphatic rings. The highest BCUT2D eigenvalue weighted by molar-refractivity contribution is 9.10. The van der Waals surface area contributed by atoms with Crippen LogP contribution in [0.5, 0.6) is 0 Å². The predicted octanol–water partition coefficient (Wildman–Crippen LogP) is 5.05. The Morgan fingerprint density at radius 3 is 2.83 bits per heavy atom. The average molecular weight is 408 g/mol. The molecule has 23 heavy (non-hydrogen) atoms. The summed E-state index contributed by atoms with van der Waals surface area (Å²) in [4.78, 5) is 17.4. The van der Waals surface area contributed by atoms with E-state index in [9.17, 15) is 4.79 Å². The number of carbonyl (C=O) groups is 1. The molecule has 0 fully saturated rings. The van der Waals surface area contributed by atoms with Gasteiger partial charge in [0.15, 0.2) is 4.80 Å². The Labute approximate surface area is 150 Å². The third kappa shape index (κ3) is 3.17. The van der Waals surface area contributed by atoms with Crippen LogP contribution in [0.15, 0.2) is 64.6 Å². The van der Waals surface area contributed by atoms with Gasteiger partial charge in [0.2, 0.25) is 0 Å². The van der Waals surface area contributed by atoms with Gasteiger partial charge in [0.1, 0.15) is 0 Å². The van der Waals surface area contributed by atoms with Gasteiger partial charge in [-0.3, -0.25) is 4.79 Å². The van der Waals surface area contributed by atoms with Crippen molar-refractivity contribution in [1.82, 2.24) is 4.57 Å². The normalized spacial score (nSPS) is 11.8. The van der Waals surface area contributed by atoms with Crippen molar-refractivity contribution in [2.45, 2.75) is 6.54 Å². The predicted molar refractivity (Wildman–Crippen MR) is 99.1 cm³/mol. The molecule has 3 nitrogen and oxygen atoms in total. The van der Waals surface area contributed by atoms with Gasteiger partial charge in [-0.15, -0.1) is 6.58 Å². The Morgan fingerprint density at radius 1 is 1.30 bits per heavy atom. The smallest absolute Gasteiger partial charge is 0.280 e. The molecule has 0 saturated heterocycles. The van der Waals surface area contributed by atoms with Crippen molar-refractivity contribution in [3.05, 3.63) is 75.0 Å². The van der Waals surface area contributed by atoms with E-state index in [1.54, 1.807) is 12.1 Å². The number of benzene rings is 2. The minimum Gasteiger partial charge on any atom is -0.311 e. The minimum atomic E-state index is -0.294. The number of hydrogen-bond acceptors (Lipinski definition) is 2. The van der Waals surface area contributed by atoms with Gasteiger partial charge in [-0.05, 0) is 40.2 Å². The van der Waals surface area contributed by atoms with Crippen LogP contribution in [-0.2, 0) is 6.54 Å². The maximum Gasteiger partial charge on any atom is 0.280 e. The van der Waals surface area contributed by atoms with Crippen LogP contribution < -0.4 is 4.80 Å². The molecule has 0 N–H and O–H groups in total. The molecule has 1 amide bonds. The van der Waals surface area contributed by atoms with E-state index >= 15 is 0 Å². The van der Waals surface area contributed by atoms with Crippen LogP contribution in [0, 0.1) is 0 Å². The summed E-state index contributed by atoms with van der Waals surface area (Å²) in [7, 11) is 0. The van der Waals surface area contributed by atoms with Crippen LogP contribution in [0.3, 0.4) is 0 Å². The second kappa shape index (κ2) is 6.83. The topological polar surface area (TPSA) is 34.4 Å². The summed E-state index contributed by atoms with van der Waals surface area (Å²) in [5.41, 5.74) is 1.40. The number of fused-ring (bicyclic) bond motifs is 1. The van der Waals surface area contributed by atoms with Crippen LogP contribution in [0.25, 0.3) is 10.2 Å². The van der Waals surface area contributed by atoms with Gasteiger partial charge in [0, 0.05) is 11.0 Å². The lowest BCUT2D eigenvalue weighted by atomic mass is 10.2. The highest BCUT2D eigenvalue weighted by atomic mass is 79.9. The molecule has 6 heteroatoms. The highest BCUT2D eigenvalue weighted by Crippen LogP contribution is 2.25. The number of thiazole rings is 1. The van der Waals surface area contributed by atoms with Gasteiger partial charge >= 0.3 is 0 Å². The van der Waals surface area contributed by atoms with E-state index in [-0.39, 0.29) is 5.91 Å². The molecule has 0 aliphatic heterocycles. The molecule has 3 aromatic rings. The van der Waals surface area contributed by atoms with Gasteiger partial charge in [-0.2, -0.15) is 4.99 Å². The summed E-state index contributed by atoms with van der Waals surface area (Å²) in [6, 6.07) is 12.9. The third-order valence-electron chi connectivity index (χ3n) is 3.26. The third-order valence-corrected chi connectivity index (χ3v) is 5.31. The number of carbonyl (C=O) groups excluding carboxylic acids is 1. The molecule has 0 atom stereocenters. The molecule has 0 saturated carbocycles. The van der Waals surface area contributed by atoms with Crippen molar-refractivity contribution in [2.75, 3.05) is 0 Å². The number of para-hydroxylation sites is 1. The Hall–Kier alpha value is -1.69. The number of halogens is 2. The quantitative estimate of drug-likeness (QED) is 0.560. The molecule has 2 aromatic carbocycles. The molecule has 1 heterocycles. The highest BCUT2D eigenvalue weighted by Gasteiger charge is 2.12. The monoisotopic (exact) mass is 406 g/mol. The van der Waals surface area contributed by atoms with Gasteiger partial charge in [0.25, 0.3) is 5.91 Å². The molecule has 0 spiro atoms. The van der Waals surface area contributed by atoms with Crippen molar-refractivity contribution < 1.29 is 4.79 Å². The standard InChI is InChI=1S/C17H12BrClN2OS/c1-2-10-21-15-13(19)8-5-9-14(15)23-17(21)20-16(22)11-6-3-4-7-12(11)18/h2-9H,1,10H2. The zero-order chi connectivity index (χ0) is 16.4. The number of rotatable bonds is 3. The van der Waals surface area contributed by atoms with E-state index in [4.69, 9.17) is 11.6 Å². The molecule has 3 rings (SSSR count). The maximum absolute atomic E-state index is 12.5. The fourth-order valence-electron chi connectivity index (χ4n) is 2.25. The SMILES string of the molecule is C=CCn1c(=NC(=O)c2ccccc2Br)sc2cccc(Cl)c21. The fraction of sp³-hybridized carbons (Fsp3) is 0.0588. The summed E-state index contributed by atoms with van der Waals surface area (Å²) in [5, 5.41) is 0.635. The number of aromatic nitrogens is 1. The van der Waals surface area contributed by atoms with E-state index < -0.39 is 0 Å². The molecule has 0 radical (unpaired) electrons. The lowest BCUT2D eigenvalue weighted by Gasteiger charge is -2.03. The average Bonchev–Trinajstić information content (AvgIpc) is 2.87. The van der Waals surface area contributed by atoms with Crippen molar-refractivity contribution >= 4 is 55.0 Å². The summed E-state index contributed by atoms with van der Waals surface area (Å²) in [6.07, 6.45) is 1.76. The molecule has 0 unspecified atom stereocenters. The number of allylic oxidation sites excluding steroid dienone is 1. The van der Waals surface area contributed by atoms with Gasteiger partial charge in [0.05, 0.1) is 20.8 Å². The van der Waals surface area contributed by atoms with E-state index in [0.717, 1.165) is 14.7 Å². The lowest BCUT2D eigenvalue weighted by molar-refractivity contribution is 0.0997. The van der Waals surface area contributed by atoms with Gasteiger partial charge in [-0.1, -0.05) is 47.2 Å². The number of nitrogens with zero attached hydrogens (tertiary/aromatic N) is 2. The Kier molecular flexibility index (Phi) is 4.80. The van der Waals surface area contributed by atoms with Crippen LogP contribution in [0.4, 0.5) is 0 Å². The van der Waals surface area contributed by atoms with Crippen molar-refractivity contribution in [1.29, 1.82) is 0 Å². The van der Waals surface area contributed by atoms with Crippen molar-refractivity contribution in [2.24, 2.45) is 4.99 Å². The molecular formula is C17H12BrClN2OS. The summed E-state index contributed by atoms with van der Waals surface area (Å²) in [5.74, 6) is -0.294. The summed E-state index contributed by atoms with van der Waals surface area (Å²) in [6.45, 7) is 4.30. The van der Waals surface area contributed by atoms with E-state index in [1.807, 2.05) is 41.0 Å². The Bertz CT molecular complexity index is 974. The maximum atomic E-state index is 12.5. The van der Waals surface area contributed by atoms with E-state index in [1.165, 1.54) is 11.3 Å². The van der Waals surface area contributed by atoms with E-state index in [0.29, 0.717) is 21.9 Å². The first-order valence-corrected chi connectivity index (χ1v) is 8.83. The van der Waals surface area contributed by atoms with Crippen LogP contribution in [0.2, 0.25) is 5.02 Å². The first kappa shape index (κ1) is 16.2. The number of amides is 1. The lowest BCUT2D eigenvalue weighted by Crippen LogP contribution is -2.16. The van der Waals surface area contributed by atoms with Gasteiger partial charge in [-0.25, -0.2) is 0 Å².